The molecule has 0 aromatic heterocycles. The zero-order valence-electron chi connectivity index (χ0n) is 9.93. The Labute approximate surface area is 107 Å². The van der Waals surface area contributed by atoms with Crippen molar-refractivity contribution in [3.8, 4) is 0 Å². The summed E-state index contributed by atoms with van der Waals surface area (Å²) in [6.45, 7) is 0. The topological polar surface area (TPSA) is 107 Å². The predicted molar refractivity (Wildman–Crippen MR) is 57.1 cm³/mol. The van der Waals surface area contributed by atoms with E-state index in [1.54, 1.807) is 0 Å². The highest BCUT2D eigenvalue weighted by Gasteiger charge is 2.74. The third kappa shape index (κ3) is 1.30. The number of amides is 2. The summed E-state index contributed by atoms with van der Waals surface area (Å²) in [5.74, 6) is -6.51. The molecule has 3 fully saturated rings. The minimum absolute atomic E-state index is 0.252. The molecular formula is C12H11NO6. The van der Waals surface area contributed by atoms with Gasteiger partial charge in [-0.3, -0.25) is 29.3 Å². The van der Waals surface area contributed by atoms with Crippen LogP contribution in [0.25, 0.3) is 0 Å². The van der Waals surface area contributed by atoms with Gasteiger partial charge in [-0.2, -0.15) is 0 Å². The monoisotopic (exact) mass is 265 g/mol. The van der Waals surface area contributed by atoms with Crippen LogP contribution in [0.5, 0.6) is 0 Å². The highest BCUT2D eigenvalue weighted by molar-refractivity contribution is 6.29. The normalized spacial score (nSPS) is 38.2. The lowest BCUT2D eigenvalue weighted by atomic mass is 9.63. The fraction of sp³-hybridized carbons (Fsp3) is 0.583. The van der Waals surface area contributed by atoms with Crippen molar-refractivity contribution in [3.05, 3.63) is 0 Å². The van der Waals surface area contributed by atoms with Gasteiger partial charge in [-0.05, 0) is 12.8 Å². The van der Waals surface area contributed by atoms with E-state index in [0.717, 1.165) is 0 Å². The molecule has 0 aromatic carbocycles. The van der Waals surface area contributed by atoms with E-state index in [0.29, 0.717) is 19.3 Å². The SMILES string of the molecule is O=C1CCCCC1C12C(=O)NC(=O)C1C(=O)OC2=O. The minimum Gasteiger partial charge on any atom is -0.392 e. The molecule has 100 valence electrons. The molecule has 0 radical (unpaired) electrons. The number of cyclic esters (lactones) is 2. The first-order valence-corrected chi connectivity index (χ1v) is 6.13. The molecule has 3 unspecified atom stereocenters. The first-order chi connectivity index (χ1) is 8.99. The highest BCUT2D eigenvalue weighted by atomic mass is 16.6. The van der Waals surface area contributed by atoms with Gasteiger partial charge in [0.1, 0.15) is 5.78 Å². The molecule has 3 atom stereocenters. The smallest absolute Gasteiger partial charge is 0.331 e. The molecule has 0 bridgehead atoms. The molecule has 0 aromatic rings. The Morgan fingerprint density at radius 2 is 1.84 bits per heavy atom. The lowest BCUT2D eigenvalue weighted by Gasteiger charge is -2.31. The largest absolute Gasteiger partial charge is 0.392 e. The molecule has 2 aliphatic heterocycles. The number of hydrogen-bond donors (Lipinski definition) is 1. The molecule has 2 heterocycles. The minimum atomic E-state index is -1.95. The number of nitrogens with one attached hydrogen (secondary N) is 1. The first-order valence-electron chi connectivity index (χ1n) is 6.13. The molecule has 7 nitrogen and oxygen atoms in total. The van der Waals surface area contributed by atoms with Crippen molar-refractivity contribution in [2.24, 2.45) is 17.3 Å². The molecule has 3 rings (SSSR count). The van der Waals surface area contributed by atoms with Crippen LogP contribution in [0.15, 0.2) is 0 Å². The molecule has 3 aliphatic rings. The van der Waals surface area contributed by atoms with Crippen molar-refractivity contribution >= 4 is 29.5 Å². The van der Waals surface area contributed by atoms with E-state index in [1.807, 2.05) is 5.32 Å². The summed E-state index contributed by atoms with van der Waals surface area (Å²) in [6, 6.07) is 0. The van der Waals surface area contributed by atoms with Crippen LogP contribution in [0.3, 0.4) is 0 Å². The van der Waals surface area contributed by atoms with Crippen LogP contribution in [0.2, 0.25) is 0 Å². The summed E-state index contributed by atoms with van der Waals surface area (Å²) < 4.78 is 4.46. The average Bonchev–Trinajstić information content (AvgIpc) is 2.76. The predicted octanol–water partition coefficient (Wildman–Crippen LogP) is -0.912. The van der Waals surface area contributed by atoms with Gasteiger partial charge in [0.05, 0.1) is 0 Å². The summed E-state index contributed by atoms with van der Waals surface area (Å²) in [5.41, 5.74) is -1.95. The third-order valence-corrected chi connectivity index (χ3v) is 4.20. The van der Waals surface area contributed by atoms with Crippen LogP contribution in [0.4, 0.5) is 0 Å². The number of ether oxygens (including phenoxy) is 1. The molecule has 2 saturated heterocycles. The lowest BCUT2D eigenvalue weighted by molar-refractivity contribution is -0.161. The van der Waals surface area contributed by atoms with Crippen LogP contribution in [-0.4, -0.2) is 29.5 Å². The lowest BCUT2D eigenvalue weighted by Crippen LogP contribution is -2.49. The maximum absolute atomic E-state index is 12.1. The summed E-state index contributed by atoms with van der Waals surface area (Å²) in [5, 5.41) is 1.99. The van der Waals surface area contributed by atoms with Gasteiger partial charge in [-0.25, -0.2) is 0 Å². The first kappa shape index (κ1) is 12.0. The number of carbonyl (C=O) groups excluding carboxylic acids is 5. The van der Waals surface area contributed by atoms with Crippen molar-refractivity contribution < 1.29 is 28.7 Å². The summed E-state index contributed by atoms with van der Waals surface area (Å²) in [4.78, 5) is 59.3. The Morgan fingerprint density at radius 3 is 2.53 bits per heavy atom. The number of ketones is 1. The van der Waals surface area contributed by atoms with Crippen LogP contribution in [0.1, 0.15) is 25.7 Å². The number of carbonyl (C=O) groups is 5. The van der Waals surface area contributed by atoms with Gasteiger partial charge in [0.2, 0.25) is 11.8 Å². The van der Waals surface area contributed by atoms with Gasteiger partial charge in [0.15, 0.2) is 11.3 Å². The van der Waals surface area contributed by atoms with E-state index >= 15 is 0 Å². The molecule has 1 N–H and O–H groups in total. The molecule has 1 aliphatic carbocycles. The zero-order chi connectivity index (χ0) is 13.8. The standard InChI is InChI=1S/C12H11NO6/c14-6-4-2-1-3-5(6)12-7(8(15)13-10(12)17)9(16)19-11(12)18/h5,7H,1-4H2,(H,13,15,17). The van der Waals surface area contributed by atoms with Crippen LogP contribution >= 0.6 is 0 Å². The number of imide groups is 1. The average molecular weight is 265 g/mol. The molecule has 1 saturated carbocycles. The Kier molecular flexibility index (Phi) is 2.35. The number of Topliss-reactive ketones (excluding diaryl/α,β-unsaturated/α-hetero) is 1. The van der Waals surface area contributed by atoms with E-state index < -0.39 is 41.0 Å². The second kappa shape index (κ2) is 3.72. The van der Waals surface area contributed by atoms with Gasteiger partial charge in [0, 0.05) is 12.3 Å². The maximum Gasteiger partial charge on any atom is 0.331 e. The van der Waals surface area contributed by atoms with E-state index in [-0.39, 0.29) is 12.2 Å². The number of esters is 2. The Balaban J connectivity index is 2.14. The van der Waals surface area contributed by atoms with E-state index in [2.05, 4.69) is 4.74 Å². The quantitative estimate of drug-likeness (QED) is 0.373. The Morgan fingerprint density at radius 1 is 1.11 bits per heavy atom. The zero-order valence-corrected chi connectivity index (χ0v) is 9.93. The number of fused-ring (bicyclic) bond motifs is 1. The van der Waals surface area contributed by atoms with Crippen LogP contribution in [-0.2, 0) is 28.7 Å². The van der Waals surface area contributed by atoms with Crippen molar-refractivity contribution in [3.63, 3.8) is 0 Å². The van der Waals surface area contributed by atoms with E-state index in [1.165, 1.54) is 0 Å². The number of rotatable bonds is 1. The number of hydrogen-bond acceptors (Lipinski definition) is 6. The molecule has 7 heteroatoms. The summed E-state index contributed by atoms with van der Waals surface area (Å²) in [7, 11) is 0. The molecule has 19 heavy (non-hydrogen) atoms. The van der Waals surface area contributed by atoms with Crippen molar-refractivity contribution in [1.29, 1.82) is 0 Å². The second-order valence-electron chi connectivity index (χ2n) is 5.09. The van der Waals surface area contributed by atoms with Gasteiger partial charge < -0.3 is 4.74 Å². The fourth-order valence-electron chi connectivity index (χ4n) is 3.33. The Bertz CT molecular complexity index is 506. The maximum atomic E-state index is 12.1. The molecule has 2 amide bonds. The summed E-state index contributed by atoms with van der Waals surface area (Å²) in [6.07, 6.45) is 1.93. The highest BCUT2D eigenvalue weighted by Crippen LogP contribution is 2.50. The van der Waals surface area contributed by atoms with Gasteiger partial charge in [0.25, 0.3) is 0 Å². The van der Waals surface area contributed by atoms with Gasteiger partial charge in [-0.1, -0.05) is 6.42 Å². The van der Waals surface area contributed by atoms with Crippen molar-refractivity contribution in [2.75, 3.05) is 0 Å². The Hall–Kier alpha value is -2.05. The van der Waals surface area contributed by atoms with E-state index in [9.17, 15) is 24.0 Å². The molecular weight excluding hydrogens is 254 g/mol. The van der Waals surface area contributed by atoms with Gasteiger partial charge in [-0.15, -0.1) is 0 Å². The summed E-state index contributed by atoms with van der Waals surface area (Å²) >= 11 is 0. The van der Waals surface area contributed by atoms with Crippen molar-refractivity contribution in [1.82, 2.24) is 5.32 Å². The van der Waals surface area contributed by atoms with Crippen LogP contribution in [0, 0.1) is 17.3 Å². The third-order valence-electron chi connectivity index (χ3n) is 4.20. The fourth-order valence-corrected chi connectivity index (χ4v) is 3.33. The van der Waals surface area contributed by atoms with Crippen molar-refractivity contribution in [2.45, 2.75) is 25.7 Å². The van der Waals surface area contributed by atoms with Crippen LogP contribution < -0.4 is 5.32 Å². The molecule has 0 spiro atoms. The van der Waals surface area contributed by atoms with E-state index in [4.69, 9.17) is 0 Å². The van der Waals surface area contributed by atoms with Gasteiger partial charge >= 0.3 is 11.9 Å². The second-order valence-corrected chi connectivity index (χ2v) is 5.09.